The van der Waals surface area contributed by atoms with Crippen molar-refractivity contribution < 1.29 is 13.9 Å². The van der Waals surface area contributed by atoms with Crippen LogP contribution >= 0.6 is 0 Å². The minimum Gasteiger partial charge on any atom is -0.467 e. The highest BCUT2D eigenvalue weighted by molar-refractivity contribution is 5.95. The maximum absolute atomic E-state index is 13.6. The molecule has 1 atom stereocenters. The van der Waals surface area contributed by atoms with E-state index in [1.165, 1.54) is 0 Å². The van der Waals surface area contributed by atoms with Crippen LogP contribution in [0.4, 0.5) is 0 Å². The maximum Gasteiger partial charge on any atom is 0.263 e. The van der Waals surface area contributed by atoms with Crippen molar-refractivity contribution in [1.29, 1.82) is 0 Å². The van der Waals surface area contributed by atoms with Crippen LogP contribution in [-0.2, 0) is 24.2 Å². The van der Waals surface area contributed by atoms with Crippen molar-refractivity contribution in [3.05, 3.63) is 93.8 Å². The first kappa shape index (κ1) is 21.1. The molecule has 6 heteroatoms. The van der Waals surface area contributed by atoms with Crippen molar-refractivity contribution >= 4 is 5.91 Å². The third-order valence-electron chi connectivity index (χ3n) is 5.74. The van der Waals surface area contributed by atoms with Crippen LogP contribution in [0.2, 0.25) is 0 Å². The summed E-state index contributed by atoms with van der Waals surface area (Å²) in [6.45, 7) is 3.82. The van der Waals surface area contributed by atoms with E-state index in [0.717, 1.165) is 25.0 Å². The van der Waals surface area contributed by atoms with Crippen LogP contribution in [0.25, 0.3) is 0 Å². The Kier molecular flexibility index (Phi) is 6.67. The van der Waals surface area contributed by atoms with E-state index in [9.17, 15) is 9.59 Å². The zero-order valence-corrected chi connectivity index (χ0v) is 17.8. The molecule has 1 amide bonds. The molecule has 0 bridgehead atoms. The molecule has 1 aliphatic heterocycles. The van der Waals surface area contributed by atoms with Crippen LogP contribution in [0.1, 0.15) is 40.1 Å². The summed E-state index contributed by atoms with van der Waals surface area (Å²) in [6.07, 6.45) is 6.02. The first-order valence-corrected chi connectivity index (χ1v) is 10.8. The van der Waals surface area contributed by atoms with Gasteiger partial charge in [-0.05, 0) is 55.5 Å². The van der Waals surface area contributed by atoms with Gasteiger partial charge in [-0.3, -0.25) is 9.59 Å². The molecule has 3 aromatic rings. The molecule has 1 aromatic carbocycles. The third-order valence-corrected chi connectivity index (χ3v) is 5.74. The average molecular weight is 421 g/mol. The Morgan fingerprint density at radius 1 is 1.16 bits per heavy atom. The number of pyridine rings is 1. The van der Waals surface area contributed by atoms with E-state index >= 15 is 0 Å². The van der Waals surface area contributed by atoms with Gasteiger partial charge in [-0.1, -0.05) is 30.3 Å². The number of hydrogen-bond acceptors (Lipinski definition) is 4. The molecule has 0 N–H and O–H groups in total. The fourth-order valence-corrected chi connectivity index (χ4v) is 3.99. The molecule has 3 heterocycles. The molecular weight excluding hydrogens is 392 g/mol. The molecule has 0 spiro atoms. The molecule has 4 rings (SSSR count). The number of aromatic nitrogens is 1. The molecular formula is C25H28N2O4. The van der Waals surface area contributed by atoms with Gasteiger partial charge in [-0.15, -0.1) is 0 Å². The first-order chi connectivity index (χ1) is 15.1. The lowest BCUT2D eigenvalue weighted by Gasteiger charge is -2.23. The Hall–Kier alpha value is -3.12. The highest BCUT2D eigenvalue weighted by atomic mass is 16.5. The van der Waals surface area contributed by atoms with Crippen LogP contribution in [-0.4, -0.2) is 34.6 Å². The minimum atomic E-state index is -0.267. The topological polar surface area (TPSA) is 64.7 Å². The maximum atomic E-state index is 13.6. The van der Waals surface area contributed by atoms with E-state index in [-0.39, 0.29) is 23.1 Å². The van der Waals surface area contributed by atoms with Crippen LogP contribution < -0.4 is 5.56 Å². The predicted molar refractivity (Wildman–Crippen MR) is 118 cm³/mol. The van der Waals surface area contributed by atoms with E-state index in [1.807, 2.05) is 49.4 Å². The number of amides is 1. The molecule has 162 valence electrons. The molecule has 1 aliphatic rings. The van der Waals surface area contributed by atoms with Crippen molar-refractivity contribution in [2.45, 2.75) is 45.4 Å². The zero-order chi connectivity index (χ0) is 21.6. The monoisotopic (exact) mass is 420 g/mol. The predicted octanol–water partition coefficient (Wildman–Crippen LogP) is 3.81. The van der Waals surface area contributed by atoms with Gasteiger partial charge in [0.15, 0.2) is 0 Å². The van der Waals surface area contributed by atoms with E-state index in [1.54, 1.807) is 28.0 Å². The summed E-state index contributed by atoms with van der Waals surface area (Å²) in [7, 11) is 0. The molecule has 0 aliphatic carbocycles. The van der Waals surface area contributed by atoms with Crippen molar-refractivity contribution in [2.75, 3.05) is 13.2 Å². The third kappa shape index (κ3) is 5.14. The van der Waals surface area contributed by atoms with E-state index in [4.69, 9.17) is 9.15 Å². The standard InChI is InChI=1S/C25H28N2O4/c1-19-11-13-26(17-21-9-5-15-30-21)24(28)23(19)25(29)27(18-22-10-6-16-31-22)14-12-20-7-3-2-4-8-20/h2-4,6-8,10-11,13,16,21H,5,9,12,14-15,17-18H2,1H3. The number of benzene rings is 1. The van der Waals surface area contributed by atoms with Gasteiger partial charge in [0.2, 0.25) is 0 Å². The van der Waals surface area contributed by atoms with Crippen molar-refractivity contribution in [2.24, 2.45) is 0 Å². The second-order valence-electron chi connectivity index (χ2n) is 8.01. The molecule has 2 aromatic heterocycles. The number of furan rings is 1. The van der Waals surface area contributed by atoms with Crippen LogP contribution in [0.3, 0.4) is 0 Å². The van der Waals surface area contributed by atoms with Crippen molar-refractivity contribution in [3.63, 3.8) is 0 Å². The van der Waals surface area contributed by atoms with Gasteiger partial charge >= 0.3 is 0 Å². The smallest absolute Gasteiger partial charge is 0.263 e. The molecule has 1 unspecified atom stereocenters. The molecule has 31 heavy (non-hydrogen) atoms. The normalized spacial score (nSPS) is 15.8. The molecule has 6 nitrogen and oxygen atoms in total. The number of hydrogen-bond donors (Lipinski definition) is 0. The summed E-state index contributed by atoms with van der Waals surface area (Å²) >= 11 is 0. The van der Waals surface area contributed by atoms with Gasteiger partial charge in [-0.25, -0.2) is 0 Å². The lowest BCUT2D eigenvalue weighted by Crippen LogP contribution is -2.39. The number of nitrogens with zero attached hydrogens (tertiary/aromatic N) is 2. The van der Waals surface area contributed by atoms with Gasteiger partial charge in [0.25, 0.3) is 11.5 Å². The zero-order valence-electron chi connectivity index (χ0n) is 17.8. The molecule has 1 saturated heterocycles. The summed E-state index contributed by atoms with van der Waals surface area (Å²) < 4.78 is 12.8. The van der Waals surface area contributed by atoms with Gasteiger partial charge in [0.05, 0.1) is 25.5 Å². The Labute approximate surface area is 182 Å². The highest BCUT2D eigenvalue weighted by Gasteiger charge is 2.24. The number of carbonyl (C=O) groups is 1. The Bertz CT molecular complexity index is 1050. The van der Waals surface area contributed by atoms with E-state index in [0.29, 0.717) is 37.4 Å². The summed E-state index contributed by atoms with van der Waals surface area (Å²) in [5, 5.41) is 0. The highest BCUT2D eigenvalue weighted by Crippen LogP contribution is 2.16. The fraction of sp³-hybridized carbons (Fsp3) is 0.360. The van der Waals surface area contributed by atoms with Crippen LogP contribution in [0.15, 0.2) is 70.2 Å². The van der Waals surface area contributed by atoms with Crippen molar-refractivity contribution in [1.82, 2.24) is 9.47 Å². The molecule has 0 saturated carbocycles. The van der Waals surface area contributed by atoms with Gasteiger partial charge < -0.3 is 18.6 Å². The molecule has 1 fully saturated rings. The van der Waals surface area contributed by atoms with E-state index < -0.39 is 0 Å². The van der Waals surface area contributed by atoms with E-state index in [2.05, 4.69) is 0 Å². The largest absolute Gasteiger partial charge is 0.467 e. The first-order valence-electron chi connectivity index (χ1n) is 10.8. The Balaban J connectivity index is 1.59. The van der Waals surface area contributed by atoms with Crippen LogP contribution in [0, 0.1) is 6.92 Å². The minimum absolute atomic E-state index is 0.0284. The number of rotatable bonds is 8. The lowest BCUT2D eigenvalue weighted by molar-refractivity contribution is 0.0727. The second-order valence-corrected chi connectivity index (χ2v) is 8.01. The summed E-state index contributed by atoms with van der Waals surface area (Å²) in [5.74, 6) is 0.422. The summed E-state index contributed by atoms with van der Waals surface area (Å²) in [4.78, 5) is 28.5. The number of ether oxygens (including phenoxy) is 1. The van der Waals surface area contributed by atoms with Gasteiger partial charge in [-0.2, -0.15) is 0 Å². The lowest BCUT2D eigenvalue weighted by atomic mass is 10.1. The Morgan fingerprint density at radius 3 is 2.71 bits per heavy atom. The number of carbonyl (C=O) groups excluding carboxylic acids is 1. The SMILES string of the molecule is Cc1ccn(CC2CCCO2)c(=O)c1C(=O)N(CCc1ccccc1)Cc1ccco1. The van der Waals surface area contributed by atoms with Crippen molar-refractivity contribution in [3.8, 4) is 0 Å². The van der Waals surface area contributed by atoms with Gasteiger partial charge in [0.1, 0.15) is 11.3 Å². The summed E-state index contributed by atoms with van der Waals surface area (Å²) in [6, 6.07) is 15.5. The molecule has 0 radical (unpaired) electrons. The summed E-state index contributed by atoms with van der Waals surface area (Å²) in [5.41, 5.74) is 1.79. The average Bonchev–Trinajstić information content (AvgIpc) is 3.48. The van der Waals surface area contributed by atoms with Gasteiger partial charge in [0, 0.05) is 19.3 Å². The fourth-order valence-electron chi connectivity index (χ4n) is 3.99. The number of aryl methyl sites for hydroxylation is 1. The van der Waals surface area contributed by atoms with Crippen LogP contribution in [0.5, 0.6) is 0 Å². The second kappa shape index (κ2) is 9.79. The Morgan fingerprint density at radius 2 is 2.00 bits per heavy atom. The quantitative estimate of drug-likeness (QED) is 0.556.